The van der Waals surface area contributed by atoms with Gasteiger partial charge in [-0.15, -0.1) is 0 Å². The van der Waals surface area contributed by atoms with E-state index < -0.39 is 16.9 Å². The Labute approximate surface area is 137 Å². The molecule has 0 spiro atoms. The summed E-state index contributed by atoms with van der Waals surface area (Å²) in [5, 5.41) is 10.1. The molecule has 1 N–H and O–H groups in total. The van der Waals surface area contributed by atoms with Crippen molar-refractivity contribution in [2.45, 2.75) is 63.9 Å². The van der Waals surface area contributed by atoms with E-state index in [1.807, 2.05) is 43.3 Å². The van der Waals surface area contributed by atoms with E-state index in [1.165, 1.54) is 0 Å². The van der Waals surface area contributed by atoms with Crippen molar-refractivity contribution >= 4 is 10.8 Å². The molecule has 0 aliphatic heterocycles. The first-order chi connectivity index (χ1) is 10.6. The Bertz CT molecular complexity index is 515. The summed E-state index contributed by atoms with van der Waals surface area (Å²) in [6.45, 7) is 6.23. The molecular weight excluding hydrogens is 292 g/mol. The number of aliphatic hydroxyl groups is 1. The number of rotatable bonds is 9. The third-order valence-corrected chi connectivity index (χ3v) is 4.80. The van der Waals surface area contributed by atoms with Crippen LogP contribution in [-0.2, 0) is 10.8 Å². The van der Waals surface area contributed by atoms with Crippen molar-refractivity contribution in [1.29, 1.82) is 0 Å². The molecule has 0 bridgehead atoms. The van der Waals surface area contributed by atoms with Gasteiger partial charge in [-0.3, -0.25) is 0 Å². The Morgan fingerprint density at radius 3 is 2.50 bits per heavy atom. The lowest BCUT2D eigenvalue weighted by Crippen LogP contribution is -2.05. The van der Waals surface area contributed by atoms with E-state index in [2.05, 4.69) is 13.8 Å². The molecule has 122 valence electrons. The maximum absolute atomic E-state index is 12.7. The average Bonchev–Trinajstić information content (AvgIpc) is 2.52. The zero-order chi connectivity index (χ0) is 16.4. The van der Waals surface area contributed by atoms with Gasteiger partial charge in [0.1, 0.15) is 0 Å². The van der Waals surface area contributed by atoms with E-state index >= 15 is 0 Å². The van der Waals surface area contributed by atoms with Crippen molar-refractivity contribution in [3.05, 3.63) is 53.0 Å². The van der Waals surface area contributed by atoms with Crippen LogP contribution in [0.5, 0.6) is 0 Å². The predicted octanol–water partition coefficient (Wildman–Crippen LogP) is 4.89. The number of hydrogen-bond acceptors (Lipinski definition) is 2. The first-order valence-electron chi connectivity index (χ1n) is 8.13. The topological polar surface area (TPSA) is 37.3 Å². The minimum absolute atomic E-state index is 0.532. The van der Waals surface area contributed by atoms with Crippen molar-refractivity contribution in [2.75, 3.05) is 0 Å². The number of hydrogen-bond donors (Lipinski definition) is 1. The third kappa shape index (κ3) is 6.71. The van der Waals surface area contributed by atoms with Crippen LogP contribution >= 0.6 is 0 Å². The Morgan fingerprint density at radius 2 is 1.91 bits per heavy atom. The lowest BCUT2D eigenvalue weighted by Gasteiger charge is -2.09. The van der Waals surface area contributed by atoms with Crippen molar-refractivity contribution < 1.29 is 9.32 Å². The molecule has 1 aromatic rings. The molecule has 3 heteroatoms. The summed E-state index contributed by atoms with van der Waals surface area (Å²) < 4.78 is 12.7. The Balaban J connectivity index is 2.95. The van der Waals surface area contributed by atoms with Crippen molar-refractivity contribution in [1.82, 2.24) is 0 Å². The molecule has 0 fully saturated rings. The summed E-state index contributed by atoms with van der Waals surface area (Å²) in [6, 6.07) is 7.72. The Kier molecular flexibility index (Phi) is 9.02. The molecule has 0 saturated carbocycles. The quantitative estimate of drug-likeness (QED) is 0.657. The normalized spacial score (nSPS) is 15.2. The summed E-state index contributed by atoms with van der Waals surface area (Å²) >= 11 is 0. The number of aliphatic hydroxyl groups excluding tert-OH is 1. The monoisotopic (exact) mass is 320 g/mol. The largest absolute Gasteiger partial charge is 0.389 e. The van der Waals surface area contributed by atoms with Crippen molar-refractivity contribution in [3.63, 3.8) is 0 Å². The molecule has 0 saturated heterocycles. The van der Waals surface area contributed by atoms with Crippen LogP contribution in [0.1, 0.15) is 51.5 Å². The van der Waals surface area contributed by atoms with Crippen LogP contribution in [0.15, 0.2) is 52.3 Å². The highest BCUT2D eigenvalue weighted by atomic mass is 32.2. The lowest BCUT2D eigenvalue weighted by atomic mass is 10.1. The first kappa shape index (κ1) is 18.9. The van der Waals surface area contributed by atoms with Gasteiger partial charge in [-0.1, -0.05) is 56.9 Å². The van der Waals surface area contributed by atoms with Crippen molar-refractivity contribution in [2.24, 2.45) is 0 Å². The van der Waals surface area contributed by atoms with E-state index in [0.29, 0.717) is 11.3 Å². The fourth-order valence-electron chi connectivity index (χ4n) is 2.03. The fourth-order valence-corrected chi connectivity index (χ4v) is 3.19. The molecule has 22 heavy (non-hydrogen) atoms. The number of allylic oxidation sites excluding steroid dienone is 2. The maximum Gasteiger partial charge on any atom is 0.0847 e. The molecule has 1 aromatic carbocycles. The second-order valence-electron chi connectivity index (χ2n) is 5.55. The van der Waals surface area contributed by atoms with Gasteiger partial charge >= 0.3 is 0 Å². The minimum Gasteiger partial charge on any atom is -0.389 e. The molecule has 1 unspecified atom stereocenters. The van der Waals surface area contributed by atoms with E-state index in [0.717, 1.165) is 36.1 Å². The molecule has 0 heterocycles. The highest BCUT2D eigenvalue weighted by Gasteiger charge is 2.10. The predicted molar refractivity (Wildman–Crippen MR) is 95.3 cm³/mol. The van der Waals surface area contributed by atoms with Crippen LogP contribution in [0.4, 0.5) is 0 Å². The van der Waals surface area contributed by atoms with Gasteiger partial charge in [0.15, 0.2) is 0 Å². The zero-order valence-corrected chi connectivity index (χ0v) is 14.7. The van der Waals surface area contributed by atoms with Crippen LogP contribution in [0, 0.1) is 6.92 Å². The van der Waals surface area contributed by atoms with Crippen LogP contribution < -0.4 is 0 Å². The van der Waals surface area contributed by atoms with Gasteiger partial charge in [0.25, 0.3) is 0 Å². The first-order valence-corrected chi connectivity index (χ1v) is 9.28. The number of benzene rings is 1. The van der Waals surface area contributed by atoms with Gasteiger partial charge in [0, 0.05) is 9.80 Å². The standard InChI is InChI=1S/C19H28O2S/c1-4-6-8-10-19(15-17(20)9-7-5-2)22(21)18-13-11-16(3)12-14-18/h8,10-15,17,20H,4-7,9H2,1-3H3/b10-8+,19-15+/t17-,22?/m1/s1. The zero-order valence-electron chi connectivity index (χ0n) is 13.9. The minimum atomic E-state index is -1.24. The van der Waals surface area contributed by atoms with Crippen molar-refractivity contribution in [3.8, 4) is 0 Å². The summed E-state index contributed by atoms with van der Waals surface area (Å²) in [6.07, 6.45) is 9.89. The van der Waals surface area contributed by atoms with Gasteiger partial charge in [-0.25, -0.2) is 4.21 Å². The van der Waals surface area contributed by atoms with Gasteiger partial charge in [-0.05, 0) is 44.1 Å². The molecular formula is C19H28O2S. The summed E-state index contributed by atoms with van der Waals surface area (Å²) in [7, 11) is -1.24. The van der Waals surface area contributed by atoms with E-state index in [-0.39, 0.29) is 0 Å². The van der Waals surface area contributed by atoms with Gasteiger partial charge in [0.2, 0.25) is 0 Å². The second kappa shape index (κ2) is 10.5. The van der Waals surface area contributed by atoms with Gasteiger partial charge in [0.05, 0.1) is 16.9 Å². The van der Waals surface area contributed by atoms with Crippen LogP contribution in [0.3, 0.4) is 0 Å². The highest BCUT2D eigenvalue weighted by Crippen LogP contribution is 2.18. The molecule has 1 rings (SSSR count). The Morgan fingerprint density at radius 1 is 1.23 bits per heavy atom. The molecule has 0 aliphatic rings. The number of aryl methyl sites for hydroxylation is 1. The van der Waals surface area contributed by atoms with Gasteiger partial charge in [-0.2, -0.15) is 0 Å². The molecule has 2 atom stereocenters. The second-order valence-corrected chi connectivity index (χ2v) is 7.03. The highest BCUT2D eigenvalue weighted by molar-refractivity contribution is 7.89. The van der Waals surface area contributed by atoms with Crippen LogP contribution in [0.25, 0.3) is 0 Å². The molecule has 0 aliphatic carbocycles. The van der Waals surface area contributed by atoms with Crippen LogP contribution in [-0.4, -0.2) is 15.4 Å². The smallest absolute Gasteiger partial charge is 0.0847 e. The lowest BCUT2D eigenvalue weighted by molar-refractivity contribution is 0.209. The summed E-state index contributed by atoms with van der Waals surface area (Å²) in [5.41, 5.74) is 1.15. The van der Waals surface area contributed by atoms with E-state index in [4.69, 9.17) is 0 Å². The summed E-state index contributed by atoms with van der Waals surface area (Å²) in [5.74, 6) is 0. The summed E-state index contributed by atoms with van der Waals surface area (Å²) in [4.78, 5) is 1.47. The number of unbranched alkanes of at least 4 members (excludes halogenated alkanes) is 2. The Hall–Kier alpha value is -1.19. The molecule has 0 aromatic heterocycles. The van der Waals surface area contributed by atoms with Gasteiger partial charge < -0.3 is 5.11 Å². The average molecular weight is 320 g/mol. The molecule has 2 nitrogen and oxygen atoms in total. The fraction of sp³-hybridized carbons (Fsp3) is 0.474. The molecule has 0 amide bonds. The van der Waals surface area contributed by atoms with E-state index in [1.54, 1.807) is 6.08 Å². The maximum atomic E-state index is 12.7. The third-order valence-electron chi connectivity index (χ3n) is 3.40. The van der Waals surface area contributed by atoms with E-state index in [9.17, 15) is 9.32 Å². The van der Waals surface area contributed by atoms with Crippen LogP contribution in [0.2, 0.25) is 0 Å². The SMILES string of the molecule is CCC/C=C/C(=C\[C@H](O)CCCC)S(=O)c1ccc(C)cc1. The molecule has 0 radical (unpaired) electrons.